The van der Waals surface area contributed by atoms with Gasteiger partial charge in [0.15, 0.2) is 0 Å². The molecule has 0 saturated carbocycles. The molecule has 0 aliphatic carbocycles. The molecule has 6 nitrogen and oxygen atoms in total. The van der Waals surface area contributed by atoms with Gasteiger partial charge in [0.1, 0.15) is 0 Å². The number of hydrogen-bond donors (Lipinski definition) is 2. The first-order valence-corrected chi connectivity index (χ1v) is 10.2. The van der Waals surface area contributed by atoms with Gasteiger partial charge in [0.05, 0.1) is 18.8 Å². The molecule has 168 valence electrons. The zero-order valence-corrected chi connectivity index (χ0v) is 18.2. The van der Waals surface area contributed by atoms with E-state index in [2.05, 4.69) is 10.6 Å². The number of rotatable bonds is 15. The molecule has 0 saturated heterocycles. The third-order valence-corrected chi connectivity index (χ3v) is 3.33. The molecule has 0 rings (SSSR count). The fourth-order valence-electron chi connectivity index (χ4n) is 1.98. The van der Waals surface area contributed by atoms with Crippen molar-refractivity contribution in [3.63, 3.8) is 0 Å². The number of carbonyl (C=O) groups is 2. The van der Waals surface area contributed by atoms with Crippen molar-refractivity contribution in [2.24, 2.45) is 0 Å². The van der Waals surface area contributed by atoms with Gasteiger partial charge in [0.25, 0.3) is 6.43 Å². The van der Waals surface area contributed by atoms with Gasteiger partial charge >= 0.3 is 0 Å². The molecule has 0 radical (unpaired) electrons. The highest BCUT2D eigenvalue weighted by atomic mass is 19.3. The Morgan fingerprint density at radius 1 is 0.786 bits per heavy atom. The molecular formula is C20H40F2N2O4. The first kappa shape index (κ1) is 28.9. The van der Waals surface area contributed by atoms with E-state index < -0.39 is 13.0 Å². The van der Waals surface area contributed by atoms with Crippen LogP contribution in [0.2, 0.25) is 0 Å². The molecule has 0 unspecified atom stereocenters. The van der Waals surface area contributed by atoms with Crippen molar-refractivity contribution in [2.45, 2.75) is 91.8 Å². The van der Waals surface area contributed by atoms with Crippen LogP contribution in [0.4, 0.5) is 8.78 Å². The molecule has 2 amide bonds. The fraction of sp³-hybridized carbons (Fsp3) is 0.900. The van der Waals surface area contributed by atoms with E-state index >= 15 is 0 Å². The van der Waals surface area contributed by atoms with E-state index in [1.54, 1.807) is 0 Å². The summed E-state index contributed by atoms with van der Waals surface area (Å²) < 4.78 is 34.0. The summed E-state index contributed by atoms with van der Waals surface area (Å²) in [6.07, 6.45) is 2.25. The van der Waals surface area contributed by atoms with Crippen molar-refractivity contribution in [1.82, 2.24) is 10.6 Å². The number of unbranched alkanes of at least 4 members (excludes halogenated alkanes) is 2. The van der Waals surface area contributed by atoms with Gasteiger partial charge in [-0.3, -0.25) is 9.59 Å². The normalized spacial score (nSPS) is 10.8. The molecule has 2 N–H and O–H groups in total. The first-order chi connectivity index (χ1) is 13.2. The van der Waals surface area contributed by atoms with Crippen molar-refractivity contribution in [3.8, 4) is 0 Å². The minimum Gasteiger partial charge on any atom is -0.379 e. The van der Waals surface area contributed by atoms with Crippen LogP contribution in [0.3, 0.4) is 0 Å². The van der Waals surface area contributed by atoms with Crippen LogP contribution in [0, 0.1) is 0 Å². The Morgan fingerprint density at radius 2 is 1.21 bits per heavy atom. The van der Waals surface area contributed by atoms with Crippen LogP contribution in [0.15, 0.2) is 0 Å². The Kier molecular flexibility index (Phi) is 21.1. The van der Waals surface area contributed by atoms with E-state index in [-0.39, 0.29) is 24.3 Å². The highest BCUT2D eigenvalue weighted by Crippen LogP contribution is 1.99. The highest BCUT2D eigenvalue weighted by molar-refractivity contribution is 5.76. The summed E-state index contributed by atoms with van der Waals surface area (Å²) >= 11 is 0. The number of halogens is 2. The molecule has 0 fully saturated rings. The van der Waals surface area contributed by atoms with Gasteiger partial charge in [-0.2, -0.15) is 0 Å². The zero-order valence-electron chi connectivity index (χ0n) is 18.2. The maximum atomic E-state index is 11.7. The molecule has 28 heavy (non-hydrogen) atoms. The minimum atomic E-state index is -2.47. The Bertz CT molecular complexity index is 381. The number of ether oxygens (including phenoxy) is 2. The van der Waals surface area contributed by atoms with E-state index in [9.17, 15) is 18.4 Å². The molecule has 0 atom stereocenters. The smallest absolute Gasteiger partial charge is 0.255 e. The van der Waals surface area contributed by atoms with Crippen molar-refractivity contribution in [2.75, 3.05) is 26.3 Å². The predicted octanol–water partition coefficient (Wildman–Crippen LogP) is 3.68. The van der Waals surface area contributed by atoms with Crippen LogP contribution in [0.1, 0.15) is 73.1 Å². The van der Waals surface area contributed by atoms with Gasteiger partial charge in [-0.15, -0.1) is 0 Å². The van der Waals surface area contributed by atoms with Crippen LogP contribution in [0.25, 0.3) is 0 Å². The molecular weight excluding hydrogens is 370 g/mol. The van der Waals surface area contributed by atoms with Crippen molar-refractivity contribution in [1.29, 1.82) is 0 Å². The van der Waals surface area contributed by atoms with E-state index in [4.69, 9.17) is 9.47 Å². The lowest BCUT2D eigenvalue weighted by molar-refractivity contribution is -0.122. The largest absolute Gasteiger partial charge is 0.379 e. The van der Waals surface area contributed by atoms with Crippen molar-refractivity contribution < 1.29 is 27.8 Å². The molecule has 0 bridgehead atoms. The summed E-state index contributed by atoms with van der Waals surface area (Å²) in [4.78, 5) is 21.9. The second-order valence-electron chi connectivity index (χ2n) is 6.90. The molecule has 0 aromatic rings. The zero-order chi connectivity index (χ0) is 21.8. The van der Waals surface area contributed by atoms with Crippen molar-refractivity contribution in [3.05, 3.63) is 0 Å². The summed E-state index contributed by atoms with van der Waals surface area (Å²) in [5.74, 6) is -0.174. The molecule has 0 spiro atoms. The number of alkyl halides is 2. The van der Waals surface area contributed by atoms with Gasteiger partial charge in [0, 0.05) is 32.6 Å². The van der Waals surface area contributed by atoms with Gasteiger partial charge in [-0.25, -0.2) is 8.78 Å². The van der Waals surface area contributed by atoms with E-state index in [1.165, 1.54) is 0 Å². The molecule has 8 heteroatoms. The summed E-state index contributed by atoms with van der Waals surface area (Å²) in [5.41, 5.74) is 0. The lowest BCUT2D eigenvalue weighted by atomic mass is 10.2. The standard InChI is InChI=1S/C10H19F2NO2.C10H21NO2/c1-8(2)15-6-4-3-5-10(14)13-7-9(11)12;1-4-11-10(12)7-5-6-8-13-9(2)3/h8-9H,3-7H2,1-2H3,(H,13,14);9H,4-8H2,1-3H3,(H,11,12). The van der Waals surface area contributed by atoms with Gasteiger partial charge in [-0.1, -0.05) is 0 Å². The monoisotopic (exact) mass is 410 g/mol. The van der Waals surface area contributed by atoms with Gasteiger partial charge in [0.2, 0.25) is 11.8 Å². The Labute approximate surface area is 169 Å². The fourth-order valence-corrected chi connectivity index (χ4v) is 1.98. The molecule has 0 aromatic heterocycles. The van der Waals surface area contributed by atoms with Crippen LogP contribution >= 0.6 is 0 Å². The third-order valence-electron chi connectivity index (χ3n) is 3.33. The number of nitrogens with one attached hydrogen (secondary N) is 2. The van der Waals surface area contributed by atoms with Crippen molar-refractivity contribution >= 4 is 11.8 Å². The molecule has 0 heterocycles. The van der Waals surface area contributed by atoms with Gasteiger partial charge < -0.3 is 20.1 Å². The first-order valence-electron chi connectivity index (χ1n) is 10.2. The Morgan fingerprint density at radius 3 is 1.57 bits per heavy atom. The second kappa shape index (κ2) is 20.5. The maximum absolute atomic E-state index is 11.7. The quantitative estimate of drug-likeness (QED) is 0.404. The summed E-state index contributed by atoms with van der Waals surface area (Å²) in [7, 11) is 0. The van der Waals surface area contributed by atoms with E-state index in [1.807, 2.05) is 34.6 Å². The Balaban J connectivity index is 0. The number of carbonyl (C=O) groups excluding carboxylic acids is 2. The van der Waals surface area contributed by atoms with E-state index in [0.717, 1.165) is 32.4 Å². The third kappa shape index (κ3) is 26.9. The molecule has 0 aliphatic heterocycles. The second-order valence-corrected chi connectivity index (χ2v) is 6.90. The summed E-state index contributed by atoms with van der Waals surface area (Å²) in [5, 5.41) is 4.92. The SMILES string of the molecule is CC(C)OCCCCC(=O)NCC(F)F.CCNC(=O)CCCCOC(C)C. The molecule has 0 aromatic carbocycles. The van der Waals surface area contributed by atoms with Crippen LogP contribution < -0.4 is 10.6 Å². The predicted molar refractivity (Wildman–Crippen MR) is 108 cm³/mol. The average molecular weight is 411 g/mol. The summed E-state index contributed by atoms with van der Waals surface area (Å²) in [6.45, 7) is 11.4. The summed E-state index contributed by atoms with van der Waals surface area (Å²) in [6, 6.07) is 0. The average Bonchev–Trinajstić information content (AvgIpc) is 2.59. The van der Waals surface area contributed by atoms with Crippen LogP contribution in [0.5, 0.6) is 0 Å². The maximum Gasteiger partial charge on any atom is 0.255 e. The highest BCUT2D eigenvalue weighted by Gasteiger charge is 2.05. The topological polar surface area (TPSA) is 76.7 Å². The Hall–Kier alpha value is -1.28. The minimum absolute atomic E-state index is 0.145. The van der Waals surface area contributed by atoms with Gasteiger partial charge in [-0.05, 0) is 60.3 Å². The number of hydrogen-bond acceptors (Lipinski definition) is 4. The lowest BCUT2D eigenvalue weighted by Crippen LogP contribution is -2.28. The van der Waals surface area contributed by atoms with Crippen LogP contribution in [-0.2, 0) is 19.1 Å². The molecule has 0 aliphatic rings. The van der Waals surface area contributed by atoms with Crippen LogP contribution in [-0.4, -0.2) is 56.8 Å². The van der Waals surface area contributed by atoms with E-state index in [0.29, 0.717) is 25.6 Å². The number of amides is 2. The lowest BCUT2D eigenvalue weighted by Gasteiger charge is -2.07.